The van der Waals surface area contributed by atoms with Gasteiger partial charge in [0.2, 0.25) is 0 Å². The van der Waals surface area contributed by atoms with Crippen LogP contribution in [-0.2, 0) is 22.4 Å². The van der Waals surface area contributed by atoms with Gasteiger partial charge in [-0.15, -0.1) is 0 Å². The molecule has 1 aliphatic carbocycles. The Hall–Kier alpha value is -2.06. The highest BCUT2D eigenvalue weighted by atomic mass is 35.5. The van der Waals surface area contributed by atoms with Crippen LogP contribution >= 0.6 is 11.6 Å². The lowest BCUT2D eigenvalue weighted by Gasteiger charge is -2.12. The molecule has 112 valence electrons. The second-order valence-electron chi connectivity index (χ2n) is 5.27. The van der Waals surface area contributed by atoms with Gasteiger partial charge in [0.15, 0.2) is 0 Å². The number of aryl methyl sites for hydroxylation is 2. The predicted molar refractivity (Wildman–Crippen MR) is 89.0 cm³/mol. The number of fused-ring (bicyclic) bond motifs is 2. The van der Waals surface area contributed by atoms with E-state index in [1.54, 1.807) is 6.08 Å². The standard InChI is InChI=1S/C19H17ClO2/c1-2-22-19(21)12-18-16-6-4-3-5-13(16)7-8-14-11-15(20)9-10-17(14)18/h3-6,9-12H,2,7-8H2,1H3. The summed E-state index contributed by atoms with van der Waals surface area (Å²) in [4.78, 5) is 12.0. The van der Waals surface area contributed by atoms with E-state index in [-0.39, 0.29) is 5.97 Å². The summed E-state index contributed by atoms with van der Waals surface area (Å²) >= 11 is 6.13. The van der Waals surface area contributed by atoms with Crippen molar-refractivity contribution in [3.63, 3.8) is 0 Å². The Morgan fingerprint density at radius 2 is 1.86 bits per heavy atom. The highest BCUT2D eigenvalue weighted by molar-refractivity contribution is 6.30. The van der Waals surface area contributed by atoms with Gasteiger partial charge in [0, 0.05) is 11.1 Å². The maximum Gasteiger partial charge on any atom is 0.331 e. The number of halogens is 1. The normalized spacial score (nSPS) is 14.9. The summed E-state index contributed by atoms with van der Waals surface area (Å²) < 4.78 is 5.10. The number of ether oxygens (including phenoxy) is 1. The molecule has 0 aromatic heterocycles. The molecule has 3 heteroatoms. The fraction of sp³-hybridized carbons (Fsp3) is 0.211. The lowest BCUT2D eigenvalue weighted by atomic mass is 9.94. The molecule has 0 spiro atoms. The van der Waals surface area contributed by atoms with Crippen molar-refractivity contribution < 1.29 is 9.53 Å². The Morgan fingerprint density at radius 1 is 1.14 bits per heavy atom. The zero-order valence-corrected chi connectivity index (χ0v) is 13.2. The van der Waals surface area contributed by atoms with Crippen LogP contribution in [-0.4, -0.2) is 12.6 Å². The quantitative estimate of drug-likeness (QED) is 0.605. The molecule has 2 aromatic carbocycles. The first-order chi connectivity index (χ1) is 10.7. The summed E-state index contributed by atoms with van der Waals surface area (Å²) in [7, 11) is 0. The monoisotopic (exact) mass is 312 g/mol. The van der Waals surface area contributed by atoms with Crippen molar-refractivity contribution in [2.45, 2.75) is 19.8 Å². The minimum atomic E-state index is -0.310. The number of hydrogen-bond donors (Lipinski definition) is 0. The predicted octanol–water partition coefficient (Wildman–Crippen LogP) is 4.43. The Morgan fingerprint density at radius 3 is 2.68 bits per heavy atom. The molecule has 0 unspecified atom stereocenters. The Labute approximate surface area is 135 Å². The summed E-state index contributed by atoms with van der Waals surface area (Å²) in [5, 5.41) is 0.722. The molecular formula is C19H17ClO2. The molecule has 0 N–H and O–H groups in total. The van der Waals surface area contributed by atoms with E-state index in [1.165, 1.54) is 11.1 Å². The molecule has 0 aliphatic heterocycles. The topological polar surface area (TPSA) is 26.3 Å². The summed E-state index contributed by atoms with van der Waals surface area (Å²) in [6.07, 6.45) is 3.44. The Bertz CT molecular complexity index is 747. The van der Waals surface area contributed by atoms with Gasteiger partial charge in [-0.25, -0.2) is 4.79 Å². The van der Waals surface area contributed by atoms with E-state index < -0.39 is 0 Å². The van der Waals surface area contributed by atoms with Gasteiger partial charge in [-0.05, 0) is 59.7 Å². The Balaban J connectivity index is 2.19. The molecular weight excluding hydrogens is 296 g/mol. The van der Waals surface area contributed by atoms with Crippen molar-refractivity contribution in [2.24, 2.45) is 0 Å². The van der Waals surface area contributed by atoms with E-state index in [0.29, 0.717) is 6.61 Å². The molecule has 22 heavy (non-hydrogen) atoms. The largest absolute Gasteiger partial charge is 0.463 e. The van der Waals surface area contributed by atoms with E-state index in [0.717, 1.165) is 34.6 Å². The summed E-state index contributed by atoms with van der Waals surface area (Å²) in [6, 6.07) is 14.0. The van der Waals surface area contributed by atoms with Crippen LogP contribution < -0.4 is 0 Å². The van der Waals surface area contributed by atoms with Crippen LogP contribution in [0.1, 0.15) is 29.2 Å². The van der Waals surface area contributed by atoms with E-state index in [9.17, 15) is 4.79 Å². The van der Waals surface area contributed by atoms with Gasteiger partial charge in [0.25, 0.3) is 0 Å². The first-order valence-corrected chi connectivity index (χ1v) is 7.82. The molecule has 1 aliphatic rings. The average molecular weight is 313 g/mol. The molecule has 0 saturated carbocycles. The van der Waals surface area contributed by atoms with Crippen LogP contribution in [0.2, 0.25) is 5.02 Å². The van der Waals surface area contributed by atoms with Gasteiger partial charge < -0.3 is 4.74 Å². The first-order valence-electron chi connectivity index (χ1n) is 7.44. The maximum absolute atomic E-state index is 12.0. The van der Waals surface area contributed by atoms with Crippen molar-refractivity contribution in [3.8, 4) is 0 Å². The van der Waals surface area contributed by atoms with Crippen LogP contribution in [0.5, 0.6) is 0 Å². The van der Waals surface area contributed by atoms with Gasteiger partial charge in [0.1, 0.15) is 0 Å². The van der Waals surface area contributed by atoms with Gasteiger partial charge >= 0.3 is 5.97 Å². The number of rotatable bonds is 2. The zero-order valence-electron chi connectivity index (χ0n) is 12.4. The highest BCUT2D eigenvalue weighted by Crippen LogP contribution is 2.34. The first kappa shape index (κ1) is 14.9. The lowest BCUT2D eigenvalue weighted by molar-refractivity contribution is -0.137. The van der Waals surface area contributed by atoms with Gasteiger partial charge in [-0.3, -0.25) is 0 Å². The third kappa shape index (κ3) is 2.93. The second kappa shape index (κ2) is 6.37. The van der Waals surface area contributed by atoms with Gasteiger partial charge in [0.05, 0.1) is 6.61 Å². The van der Waals surface area contributed by atoms with Crippen molar-refractivity contribution in [1.82, 2.24) is 0 Å². The van der Waals surface area contributed by atoms with Crippen LogP contribution in [0.25, 0.3) is 5.57 Å². The molecule has 0 amide bonds. The number of esters is 1. The zero-order chi connectivity index (χ0) is 15.5. The summed E-state index contributed by atoms with van der Waals surface area (Å²) in [6.45, 7) is 2.18. The van der Waals surface area contributed by atoms with E-state index >= 15 is 0 Å². The van der Waals surface area contributed by atoms with Crippen molar-refractivity contribution >= 4 is 23.1 Å². The summed E-state index contributed by atoms with van der Waals surface area (Å²) in [5.41, 5.74) is 5.47. The molecule has 0 saturated heterocycles. The van der Waals surface area contributed by atoms with E-state index in [2.05, 4.69) is 12.1 Å². The van der Waals surface area contributed by atoms with Crippen molar-refractivity contribution in [2.75, 3.05) is 6.61 Å². The molecule has 0 atom stereocenters. The van der Waals surface area contributed by atoms with E-state index in [4.69, 9.17) is 16.3 Å². The number of benzene rings is 2. The van der Waals surface area contributed by atoms with Crippen LogP contribution in [0.15, 0.2) is 48.5 Å². The number of carbonyl (C=O) groups excluding carboxylic acids is 1. The summed E-state index contributed by atoms with van der Waals surface area (Å²) in [5.74, 6) is -0.310. The van der Waals surface area contributed by atoms with Crippen LogP contribution in [0.4, 0.5) is 0 Å². The fourth-order valence-corrected chi connectivity index (χ4v) is 3.10. The molecule has 2 nitrogen and oxygen atoms in total. The molecule has 3 rings (SSSR count). The van der Waals surface area contributed by atoms with Crippen molar-refractivity contribution in [1.29, 1.82) is 0 Å². The molecule has 0 radical (unpaired) electrons. The fourth-order valence-electron chi connectivity index (χ4n) is 2.90. The van der Waals surface area contributed by atoms with Crippen molar-refractivity contribution in [3.05, 3.63) is 75.8 Å². The molecule has 0 fully saturated rings. The minimum absolute atomic E-state index is 0.310. The minimum Gasteiger partial charge on any atom is -0.463 e. The molecule has 0 bridgehead atoms. The smallest absolute Gasteiger partial charge is 0.331 e. The van der Waals surface area contributed by atoms with Gasteiger partial charge in [-0.1, -0.05) is 41.9 Å². The third-order valence-electron chi connectivity index (χ3n) is 3.88. The highest BCUT2D eigenvalue weighted by Gasteiger charge is 2.19. The number of carbonyl (C=O) groups is 1. The van der Waals surface area contributed by atoms with E-state index in [1.807, 2.05) is 37.3 Å². The molecule has 2 aromatic rings. The second-order valence-corrected chi connectivity index (χ2v) is 5.71. The van der Waals surface area contributed by atoms with Crippen LogP contribution in [0.3, 0.4) is 0 Å². The Kier molecular flexibility index (Phi) is 4.30. The lowest BCUT2D eigenvalue weighted by Crippen LogP contribution is -2.02. The molecule has 0 heterocycles. The average Bonchev–Trinajstić information content (AvgIpc) is 2.65. The SMILES string of the molecule is CCOC(=O)C=C1c2ccccc2CCc2cc(Cl)ccc21. The van der Waals surface area contributed by atoms with Gasteiger partial charge in [-0.2, -0.15) is 0 Å². The maximum atomic E-state index is 12.0. The third-order valence-corrected chi connectivity index (χ3v) is 4.11. The van der Waals surface area contributed by atoms with Crippen LogP contribution in [0, 0.1) is 0 Å². The number of hydrogen-bond acceptors (Lipinski definition) is 2.